The molecule has 7 heteroatoms. The zero-order chi connectivity index (χ0) is 10.9. The van der Waals surface area contributed by atoms with E-state index in [4.69, 9.17) is 0 Å². The molecular weight excluding hydrogens is 395 g/mol. The molecule has 1 aliphatic rings. The van der Waals surface area contributed by atoms with Gasteiger partial charge in [0.15, 0.2) is 0 Å². The molecule has 0 amide bonds. The van der Waals surface area contributed by atoms with Crippen molar-refractivity contribution >= 4 is 34.4 Å². The fourth-order valence-corrected chi connectivity index (χ4v) is 1.68. The van der Waals surface area contributed by atoms with Gasteiger partial charge in [-0.05, 0) is 0 Å². The van der Waals surface area contributed by atoms with E-state index in [1.165, 1.54) is 0 Å². The van der Waals surface area contributed by atoms with Gasteiger partial charge in [0.1, 0.15) is 0 Å². The van der Waals surface area contributed by atoms with Crippen LogP contribution in [0, 0.1) is 0 Å². The van der Waals surface area contributed by atoms with Crippen LogP contribution in [0.2, 0.25) is 0 Å². The Kier molecular flexibility index (Phi) is 3.40. The van der Waals surface area contributed by atoms with Crippen LogP contribution in [0.5, 0.6) is 0 Å². The molecule has 0 bridgehead atoms. The van der Waals surface area contributed by atoms with Crippen LogP contribution >= 0.6 is 0 Å². The van der Waals surface area contributed by atoms with Gasteiger partial charge in [-0.1, -0.05) is 0 Å². The van der Waals surface area contributed by atoms with Gasteiger partial charge in [0.2, 0.25) is 0 Å². The zero-order valence-corrected chi connectivity index (χ0v) is 11.1. The van der Waals surface area contributed by atoms with Gasteiger partial charge in [0.05, 0.1) is 0 Å². The molecule has 1 heterocycles. The van der Waals surface area contributed by atoms with E-state index in [1.54, 1.807) is 6.92 Å². The standard InChI is InChI=1S/C7H7F2O4.Bi.H/c1-2-4-5(12-3-10)7(8,9)6(11)13-4;;/h4-5H,2H2,1H3;;/t4-,5?;;/m1../s1. The van der Waals surface area contributed by atoms with E-state index in [0.717, 1.165) is 0 Å². The molecular formula is C7H8BiF2O4. The molecule has 1 aliphatic heterocycles. The number of esters is 1. The quantitative estimate of drug-likeness (QED) is 0.494. The third-order valence-corrected chi connectivity index (χ3v) is 2.32. The molecule has 0 aromatic heterocycles. The van der Waals surface area contributed by atoms with Crippen molar-refractivity contribution in [2.24, 2.45) is 0 Å². The minimum atomic E-state index is -3.71. The summed E-state index contributed by atoms with van der Waals surface area (Å²) >= 11 is 0.00865. The number of ether oxygens (including phenoxy) is 2. The fraction of sp³-hybridized carbons (Fsp3) is 0.714. The Morgan fingerprint density at radius 3 is 2.71 bits per heavy atom. The van der Waals surface area contributed by atoms with Crippen LogP contribution in [0.15, 0.2) is 0 Å². The first-order chi connectivity index (χ1) is 6.39. The number of rotatable bonds is 2. The molecule has 0 aliphatic carbocycles. The van der Waals surface area contributed by atoms with Crippen molar-refractivity contribution in [1.29, 1.82) is 0 Å². The van der Waals surface area contributed by atoms with E-state index >= 15 is 0 Å². The summed E-state index contributed by atoms with van der Waals surface area (Å²) in [5.41, 5.74) is 0. The van der Waals surface area contributed by atoms with Crippen LogP contribution in [0.1, 0.15) is 13.3 Å². The normalized spacial score (nSPS) is 29.9. The summed E-state index contributed by atoms with van der Waals surface area (Å²) in [6.45, 7) is 1.58. The van der Waals surface area contributed by atoms with Crippen molar-refractivity contribution in [3.63, 3.8) is 0 Å². The first-order valence-corrected chi connectivity index (χ1v) is 5.85. The average molecular weight is 403 g/mol. The van der Waals surface area contributed by atoms with Gasteiger partial charge in [-0.3, -0.25) is 0 Å². The molecule has 1 fully saturated rings. The summed E-state index contributed by atoms with van der Waals surface area (Å²) in [5, 5.41) is 0. The minimum absolute atomic E-state index is 0.00865. The second-order valence-electron chi connectivity index (χ2n) is 2.80. The first-order valence-electron chi connectivity index (χ1n) is 3.90. The van der Waals surface area contributed by atoms with Crippen LogP contribution in [-0.2, 0) is 14.3 Å². The van der Waals surface area contributed by atoms with Gasteiger partial charge in [-0.15, -0.1) is 0 Å². The Morgan fingerprint density at radius 2 is 2.29 bits per heavy atom. The second kappa shape index (κ2) is 4.05. The number of hydrogen-bond donors (Lipinski definition) is 0. The van der Waals surface area contributed by atoms with Gasteiger partial charge in [-0.25, -0.2) is 0 Å². The Hall–Kier alpha value is -0.317. The van der Waals surface area contributed by atoms with E-state index in [0.29, 0.717) is 0 Å². The maximum atomic E-state index is 13.1. The maximum absolute atomic E-state index is 13.1. The number of carbonyl (C=O) groups is 2. The summed E-state index contributed by atoms with van der Waals surface area (Å²) < 4.78 is 34.2. The van der Waals surface area contributed by atoms with Gasteiger partial charge in [0.25, 0.3) is 0 Å². The second-order valence-corrected chi connectivity index (χ2v) is 4.39. The number of halogens is 2. The van der Waals surface area contributed by atoms with E-state index in [1.807, 2.05) is 0 Å². The zero-order valence-electron chi connectivity index (χ0n) is 7.25. The Balaban J connectivity index is 2.85. The molecule has 1 radical (unpaired) electrons. The summed E-state index contributed by atoms with van der Waals surface area (Å²) in [5.74, 6) is -5.32. The molecule has 1 saturated heterocycles. The Bertz CT molecular complexity index is 268. The summed E-state index contributed by atoms with van der Waals surface area (Å²) in [6, 6.07) is 0. The molecule has 2 atom stereocenters. The monoisotopic (exact) mass is 403 g/mol. The summed E-state index contributed by atoms with van der Waals surface area (Å²) in [7, 11) is 0. The SMILES string of the molecule is CC[C@H]1OC(=O)C(F)(F)C1O[C](=O)[BiH]. The molecule has 0 saturated carbocycles. The number of carbonyl (C=O) groups excluding carboxylic acids is 2. The van der Waals surface area contributed by atoms with Crippen molar-refractivity contribution < 1.29 is 27.8 Å². The topological polar surface area (TPSA) is 52.6 Å². The van der Waals surface area contributed by atoms with Crippen LogP contribution in [0.25, 0.3) is 0 Å². The summed E-state index contributed by atoms with van der Waals surface area (Å²) in [4.78, 5) is 21.3. The molecule has 0 aromatic carbocycles. The van der Waals surface area contributed by atoms with Gasteiger partial charge in [-0.2, -0.15) is 0 Å². The summed E-state index contributed by atoms with van der Waals surface area (Å²) in [6.07, 6.45) is -2.60. The van der Waals surface area contributed by atoms with Crippen molar-refractivity contribution in [3.8, 4) is 0 Å². The molecule has 0 spiro atoms. The Labute approximate surface area is 93.8 Å². The van der Waals surface area contributed by atoms with Crippen molar-refractivity contribution in [2.75, 3.05) is 0 Å². The molecule has 1 unspecified atom stereocenters. The fourth-order valence-electron chi connectivity index (χ4n) is 1.19. The van der Waals surface area contributed by atoms with E-state index < -0.39 is 27.8 Å². The Morgan fingerprint density at radius 1 is 1.71 bits per heavy atom. The van der Waals surface area contributed by atoms with Crippen LogP contribution < -0.4 is 0 Å². The van der Waals surface area contributed by atoms with Crippen LogP contribution in [-0.4, -0.2) is 52.5 Å². The molecule has 14 heavy (non-hydrogen) atoms. The van der Waals surface area contributed by atoms with E-state index in [2.05, 4.69) is 9.47 Å². The molecule has 0 N–H and O–H groups in total. The van der Waals surface area contributed by atoms with Crippen LogP contribution in [0.3, 0.4) is 0 Å². The molecule has 4 nitrogen and oxygen atoms in total. The van der Waals surface area contributed by atoms with Crippen LogP contribution in [0.4, 0.5) is 13.6 Å². The third-order valence-electron chi connectivity index (χ3n) is 1.86. The number of alkyl halides is 2. The average Bonchev–Trinajstić information content (AvgIpc) is 2.28. The van der Waals surface area contributed by atoms with E-state index in [9.17, 15) is 18.4 Å². The predicted octanol–water partition coefficient (Wildman–Crippen LogP) is 0.363. The number of cyclic esters (lactones) is 1. The molecule has 0 aromatic rings. The van der Waals surface area contributed by atoms with Gasteiger partial charge < -0.3 is 0 Å². The van der Waals surface area contributed by atoms with Crippen molar-refractivity contribution in [3.05, 3.63) is 0 Å². The number of hydrogen-bond acceptors (Lipinski definition) is 4. The third kappa shape index (κ3) is 2.02. The predicted molar refractivity (Wildman–Crippen MR) is 42.5 cm³/mol. The van der Waals surface area contributed by atoms with Gasteiger partial charge in [0, 0.05) is 0 Å². The first kappa shape index (κ1) is 11.8. The van der Waals surface area contributed by atoms with Crippen molar-refractivity contribution in [1.82, 2.24) is 0 Å². The van der Waals surface area contributed by atoms with E-state index in [-0.39, 0.29) is 31.1 Å². The molecule has 1 rings (SSSR count). The van der Waals surface area contributed by atoms with Crippen molar-refractivity contribution in [2.45, 2.75) is 31.5 Å². The molecule has 79 valence electrons. The van der Waals surface area contributed by atoms with Gasteiger partial charge >= 0.3 is 93.7 Å².